The fourth-order valence-electron chi connectivity index (χ4n) is 4.20. The van der Waals surface area contributed by atoms with E-state index in [4.69, 9.17) is 9.47 Å². The molecule has 3 rings (SSSR count). The highest BCUT2D eigenvalue weighted by atomic mass is 19.4. The first kappa shape index (κ1) is 23.8. The molecule has 2 saturated heterocycles. The number of nitrogens with zero attached hydrogens (tertiary/aromatic N) is 3. The molecule has 3 atom stereocenters. The third kappa shape index (κ3) is 7.08. The van der Waals surface area contributed by atoms with Crippen molar-refractivity contribution in [3.8, 4) is 5.75 Å². The standard InChI is InChI=1S/C22H32F3N3O3/c1-16-12-28(13-17(2)31-16)21(29)18(3)27-10-8-26(9-11-27)14-19-4-6-20(7-5-19)30-15-22(23,24)25/h4-7,16-18H,8-15H2,1-3H3/t16-,17-,18-/m1/s1. The van der Waals surface area contributed by atoms with Crippen LogP contribution in [0.25, 0.3) is 0 Å². The molecule has 31 heavy (non-hydrogen) atoms. The molecule has 9 heteroatoms. The van der Waals surface area contributed by atoms with E-state index in [0.717, 1.165) is 31.7 Å². The van der Waals surface area contributed by atoms with Gasteiger partial charge in [-0.25, -0.2) is 0 Å². The smallest absolute Gasteiger partial charge is 0.422 e. The molecule has 0 aromatic heterocycles. The number of benzene rings is 1. The normalized spacial score (nSPS) is 24.8. The number of carbonyl (C=O) groups excluding carboxylic acids is 1. The molecule has 6 nitrogen and oxygen atoms in total. The quantitative estimate of drug-likeness (QED) is 0.677. The molecule has 2 heterocycles. The van der Waals surface area contributed by atoms with Gasteiger partial charge in [-0.05, 0) is 38.5 Å². The molecule has 2 aliphatic heterocycles. The summed E-state index contributed by atoms with van der Waals surface area (Å²) in [5, 5.41) is 0. The molecule has 0 unspecified atom stereocenters. The predicted molar refractivity (Wildman–Crippen MR) is 111 cm³/mol. The summed E-state index contributed by atoms with van der Waals surface area (Å²) < 4.78 is 47.2. The highest BCUT2D eigenvalue weighted by molar-refractivity contribution is 5.81. The van der Waals surface area contributed by atoms with E-state index in [-0.39, 0.29) is 29.9 Å². The Balaban J connectivity index is 1.44. The lowest BCUT2D eigenvalue weighted by Gasteiger charge is -2.41. The molecule has 0 bridgehead atoms. The van der Waals surface area contributed by atoms with Gasteiger partial charge in [0.05, 0.1) is 18.2 Å². The van der Waals surface area contributed by atoms with Gasteiger partial charge in [-0.1, -0.05) is 12.1 Å². The van der Waals surface area contributed by atoms with Crippen LogP contribution in [0.4, 0.5) is 13.2 Å². The largest absolute Gasteiger partial charge is 0.484 e. The van der Waals surface area contributed by atoms with Crippen molar-refractivity contribution < 1.29 is 27.4 Å². The minimum Gasteiger partial charge on any atom is -0.484 e. The third-order valence-electron chi connectivity index (χ3n) is 5.78. The van der Waals surface area contributed by atoms with E-state index in [0.29, 0.717) is 19.6 Å². The lowest BCUT2D eigenvalue weighted by molar-refractivity contribution is -0.153. The van der Waals surface area contributed by atoms with Crippen LogP contribution in [0.15, 0.2) is 24.3 Å². The van der Waals surface area contributed by atoms with E-state index >= 15 is 0 Å². The van der Waals surface area contributed by atoms with Gasteiger partial charge < -0.3 is 14.4 Å². The van der Waals surface area contributed by atoms with Crippen LogP contribution in [0.1, 0.15) is 26.3 Å². The van der Waals surface area contributed by atoms with Crippen LogP contribution in [0.3, 0.4) is 0 Å². The monoisotopic (exact) mass is 443 g/mol. The van der Waals surface area contributed by atoms with E-state index in [9.17, 15) is 18.0 Å². The molecule has 0 N–H and O–H groups in total. The van der Waals surface area contributed by atoms with Gasteiger partial charge in [0.2, 0.25) is 5.91 Å². The van der Waals surface area contributed by atoms with Crippen molar-refractivity contribution in [2.45, 2.75) is 51.7 Å². The van der Waals surface area contributed by atoms with Crippen LogP contribution in [0.5, 0.6) is 5.75 Å². The Morgan fingerprint density at radius 3 is 2.23 bits per heavy atom. The maximum absolute atomic E-state index is 12.9. The zero-order valence-electron chi connectivity index (χ0n) is 18.4. The zero-order chi connectivity index (χ0) is 22.6. The first-order valence-corrected chi connectivity index (χ1v) is 10.8. The lowest BCUT2D eigenvalue weighted by Crippen LogP contribution is -2.57. The molecular weight excluding hydrogens is 411 g/mol. The molecule has 1 aromatic rings. The van der Waals surface area contributed by atoms with Gasteiger partial charge in [0.25, 0.3) is 0 Å². The predicted octanol–water partition coefficient (Wildman–Crippen LogP) is 2.77. The maximum Gasteiger partial charge on any atom is 0.422 e. The Morgan fingerprint density at radius 1 is 1.10 bits per heavy atom. The molecule has 0 radical (unpaired) electrons. The molecule has 2 aliphatic rings. The highest BCUT2D eigenvalue weighted by Crippen LogP contribution is 2.20. The van der Waals surface area contributed by atoms with Crippen molar-refractivity contribution in [1.29, 1.82) is 0 Å². The fraction of sp³-hybridized carbons (Fsp3) is 0.682. The number of amides is 1. The van der Waals surface area contributed by atoms with Crippen LogP contribution in [-0.2, 0) is 16.1 Å². The molecule has 1 aromatic carbocycles. The average molecular weight is 444 g/mol. The Labute approximate surface area is 181 Å². The van der Waals surface area contributed by atoms with Crippen molar-refractivity contribution in [3.63, 3.8) is 0 Å². The number of piperazine rings is 1. The van der Waals surface area contributed by atoms with Gasteiger partial charge in [-0.15, -0.1) is 0 Å². The topological polar surface area (TPSA) is 45.3 Å². The average Bonchev–Trinajstić information content (AvgIpc) is 2.71. The number of carbonyl (C=O) groups is 1. The number of halogens is 3. The minimum absolute atomic E-state index is 0.0574. The second-order valence-electron chi connectivity index (χ2n) is 8.54. The number of alkyl halides is 3. The van der Waals surface area contributed by atoms with Gasteiger partial charge >= 0.3 is 6.18 Å². The summed E-state index contributed by atoms with van der Waals surface area (Å²) in [7, 11) is 0. The number of morpholine rings is 1. The van der Waals surface area contributed by atoms with Crippen LogP contribution in [-0.4, -0.2) is 90.9 Å². The molecule has 0 spiro atoms. The highest BCUT2D eigenvalue weighted by Gasteiger charge is 2.32. The summed E-state index contributed by atoms with van der Waals surface area (Å²) >= 11 is 0. The first-order chi connectivity index (χ1) is 14.6. The number of ether oxygens (including phenoxy) is 2. The Kier molecular flexibility index (Phi) is 7.82. The second-order valence-corrected chi connectivity index (χ2v) is 8.54. The first-order valence-electron chi connectivity index (χ1n) is 10.8. The number of rotatable bonds is 6. The van der Waals surface area contributed by atoms with Crippen molar-refractivity contribution in [2.75, 3.05) is 45.9 Å². The van der Waals surface area contributed by atoms with Gasteiger partial charge in [-0.3, -0.25) is 14.6 Å². The van der Waals surface area contributed by atoms with Crippen molar-refractivity contribution in [2.24, 2.45) is 0 Å². The van der Waals surface area contributed by atoms with Gasteiger partial charge in [0, 0.05) is 45.8 Å². The summed E-state index contributed by atoms with van der Waals surface area (Å²) in [5.41, 5.74) is 1.02. The second kappa shape index (κ2) is 10.2. The van der Waals surface area contributed by atoms with Crippen LogP contribution < -0.4 is 4.74 Å². The molecular formula is C22H32F3N3O3. The van der Waals surface area contributed by atoms with E-state index in [2.05, 4.69) is 9.80 Å². The molecule has 174 valence electrons. The Morgan fingerprint density at radius 2 is 1.68 bits per heavy atom. The summed E-state index contributed by atoms with van der Waals surface area (Å²) in [5.74, 6) is 0.370. The zero-order valence-corrected chi connectivity index (χ0v) is 18.4. The SMILES string of the molecule is C[C@@H]1CN(C(=O)[C@@H](C)N2CCN(Cc3ccc(OCC(F)(F)F)cc3)CC2)C[C@@H](C)O1. The van der Waals surface area contributed by atoms with Gasteiger partial charge in [0.15, 0.2) is 6.61 Å². The van der Waals surface area contributed by atoms with Crippen LogP contribution in [0, 0.1) is 0 Å². The van der Waals surface area contributed by atoms with E-state index in [1.807, 2.05) is 25.7 Å². The van der Waals surface area contributed by atoms with E-state index in [1.165, 1.54) is 0 Å². The maximum atomic E-state index is 12.9. The summed E-state index contributed by atoms with van der Waals surface area (Å²) in [6.45, 7) is 9.93. The Hall–Kier alpha value is -1.84. The molecule has 0 saturated carbocycles. The van der Waals surface area contributed by atoms with E-state index in [1.54, 1.807) is 24.3 Å². The van der Waals surface area contributed by atoms with Gasteiger partial charge in [-0.2, -0.15) is 13.2 Å². The summed E-state index contributed by atoms with van der Waals surface area (Å²) in [4.78, 5) is 19.4. The molecule has 1 amide bonds. The van der Waals surface area contributed by atoms with Gasteiger partial charge in [0.1, 0.15) is 5.75 Å². The van der Waals surface area contributed by atoms with Crippen LogP contribution in [0.2, 0.25) is 0 Å². The third-order valence-corrected chi connectivity index (χ3v) is 5.78. The Bertz CT molecular complexity index is 711. The molecule has 2 fully saturated rings. The number of hydrogen-bond donors (Lipinski definition) is 0. The summed E-state index contributed by atoms with van der Waals surface area (Å²) in [6.07, 6.45) is -4.22. The van der Waals surface area contributed by atoms with E-state index < -0.39 is 12.8 Å². The van der Waals surface area contributed by atoms with Crippen molar-refractivity contribution in [3.05, 3.63) is 29.8 Å². The minimum atomic E-state index is -4.34. The lowest BCUT2D eigenvalue weighted by atomic mass is 10.1. The van der Waals surface area contributed by atoms with Crippen molar-refractivity contribution >= 4 is 5.91 Å². The van der Waals surface area contributed by atoms with Crippen molar-refractivity contribution in [1.82, 2.24) is 14.7 Å². The number of hydrogen-bond acceptors (Lipinski definition) is 5. The summed E-state index contributed by atoms with van der Waals surface area (Å²) in [6, 6.07) is 6.57. The van der Waals surface area contributed by atoms with Crippen LogP contribution >= 0.6 is 0 Å². The fourth-order valence-corrected chi connectivity index (χ4v) is 4.20. The molecule has 0 aliphatic carbocycles.